The third-order valence-corrected chi connectivity index (χ3v) is 4.27. The van der Waals surface area contributed by atoms with Crippen LogP contribution in [0.5, 0.6) is 5.75 Å². The van der Waals surface area contributed by atoms with Gasteiger partial charge in [-0.2, -0.15) is 0 Å². The van der Waals surface area contributed by atoms with Crippen molar-refractivity contribution in [3.8, 4) is 5.75 Å². The van der Waals surface area contributed by atoms with Crippen molar-refractivity contribution in [2.45, 2.75) is 44.7 Å². The molecule has 1 atom stereocenters. The van der Waals surface area contributed by atoms with Crippen molar-refractivity contribution < 1.29 is 23.0 Å². The molecule has 1 aliphatic heterocycles. The summed E-state index contributed by atoms with van der Waals surface area (Å²) < 4.78 is 40.3. The molecular weight excluding hydrogens is 321 g/mol. The Hall–Kier alpha value is -1.31. The van der Waals surface area contributed by atoms with E-state index >= 15 is 0 Å². The molecule has 7 heteroatoms. The van der Waals surface area contributed by atoms with Crippen molar-refractivity contribution in [3.63, 3.8) is 0 Å². The molecule has 0 spiro atoms. The highest BCUT2D eigenvalue weighted by Crippen LogP contribution is 2.24. The summed E-state index contributed by atoms with van der Waals surface area (Å²) in [5, 5.41) is 12.8. The van der Waals surface area contributed by atoms with Gasteiger partial charge in [0.15, 0.2) is 0 Å². The van der Waals surface area contributed by atoms with Crippen LogP contribution in [-0.4, -0.2) is 48.7 Å². The van der Waals surface area contributed by atoms with Gasteiger partial charge < -0.3 is 20.1 Å². The SMILES string of the molecule is CC(NCCCN1CCC(O)CC1)c1ccc(OC(F)(F)F)cc1. The van der Waals surface area contributed by atoms with Crippen LogP contribution in [0.1, 0.15) is 37.8 Å². The van der Waals surface area contributed by atoms with Crippen LogP contribution in [0.15, 0.2) is 24.3 Å². The molecular formula is C17H25F3N2O2. The summed E-state index contributed by atoms with van der Waals surface area (Å²) in [6.07, 6.45) is -2.12. The third-order valence-electron chi connectivity index (χ3n) is 4.27. The molecule has 1 aromatic rings. The number of aliphatic hydroxyl groups excluding tert-OH is 1. The molecule has 1 fully saturated rings. The Kier molecular flexibility index (Phi) is 6.89. The maximum Gasteiger partial charge on any atom is 0.573 e. The van der Waals surface area contributed by atoms with Gasteiger partial charge in [0.1, 0.15) is 5.75 Å². The van der Waals surface area contributed by atoms with Gasteiger partial charge in [-0.15, -0.1) is 13.2 Å². The predicted octanol–water partition coefficient (Wildman–Crippen LogP) is 3.08. The first kappa shape index (κ1) is 19.0. The Morgan fingerprint density at radius 1 is 1.25 bits per heavy atom. The van der Waals surface area contributed by atoms with Crippen molar-refractivity contribution in [1.29, 1.82) is 0 Å². The van der Waals surface area contributed by atoms with Gasteiger partial charge in [0.2, 0.25) is 0 Å². The number of nitrogens with one attached hydrogen (secondary N) is 1. The van der Waals surface area contributed by atoms with E-state index in [1.165, 1.54) is 12.1 Å². The lowest BCUT2D eigenvalue weighted by Crippen LogP contribution is -2.37. The van der Waals surface area contributed by atoms with Crippen LogP contribution in [0.3, 0.4) is 0 Å². The largest absolute Gasteiger partial charge is 0.573 e. The highest BCUT2D eigenvalue weighted by Gasteiger charge is 2.31. The normalized spacial score (nSPS) is 18.5. The average molecular weight is 346 g/mol. The molecule has 4 nitrogen and oxygen atoms in total. The number of likely N-dealkylation sites (tertiary alicyclic amines) is 1. The van der Waals surface area contributed by atoms with Crippen LogP contribution in [-0.2, 0) is 0 Å². The first-order valence-corrected chi connectivity index (χ1v) is 8.33. The molecule has 136 valence electrons. The highest BCUT2D eigenvalue weighted by molar-refractivity contribution is 5.29. The van der Waals surface area contributed by atoms with Gasteiger partial charge in [0.25, 0.3) is 0 Å². The van der Waals surface area contributed by atoms with Gasteiger partial charge in [0, 0.05) is 19.1 Å². The quantitative estimate of drug-likeness (QED) is 0.745. The van der Waals surface area contributed by atoms with Gasteiger partial charge in [-0.3, -0.25) is 0 Å². The molecule has 24 heavy (non-hydrogen) atoms. The topological polar surface area (TPSA) is 44.7 Å². The summed E-state index contributed by atoms with van der Waals surface area (Å²) in [4.78, 5) is 2.35. The van der Waals surface area contributed by atoms with Gasteiger partial charge in [-0.05, 0) is 57.0 Å². The van der Waals surface area contributed by atoms with Crippen LogP contribution in [0.4, 0.5) is 13.2 Å². The number of alkyl halides is 3. The smallest absolute Gasteiger partial charge is 0.406 e. The fourth-order valence-corrected chi connectivity index (χ4v) is 2.84. The van der Waals surface area contributed by atoms with Crippen LogP contribution >= 0.6 is 0 Å². The molecule has 2 rings (SSSR count). The first-order valence-electron chi connectivity index (χ1n) is 8.33. The van der Waals surface area contributed by atoms with E-state index in [1.807, 2.05) is 6.92 Å². The first-order chi connectivity index (χ1) is 11.3. The lowest BCUT2D eigenvalue weighted by molar-refractivity contribution is -0.274. The Morgan fingerprint density at radius 2 is 1.88 bits per heavy atom. The number of aliphatic hydroxyl groups is 1. The molecule has 0 aromatic heterocycles. The lowest BCUT2D eigenvalue weighted by Gasteiger charge is -2.29. The number of benzene rings is 1. The molecule has 1 aromatic carbocycles. The number of halogens is 3. The van der Waals surface area contributed by atoms with Crippen LogP contribution in [0, 0.1) is 0 Å². The minimum absolute atomic E-state index is 0.0631. The van der Waals surface area contributed by atoms with E-state index in [2.05, 4.69) is 15.0 Å². The molecule has 0 radical (unpaired) electrons. The summed E-state index contributed by atoms with van der Waals surface area (Å²) in [7, 11) is 0. The zero-order chi connectivity index (χ0) is 17.6. The lowest BCUT2D eigenvalue weighted by atomic mass is 10.1. The number of ether oxygens (including phenoxy) is 1. The Bertz CT molecular complexity index is 486. The molecule has 1 saturated heterocycles. The zero-order valence-corrected chi connectivity index (χ0v) is 13.9. The molecule has 0 amide bonds. The molecule has 0 bridgehead atoms. The van der Waals surface area contributed by atoms with Gasteiger partial charge in [0.05, 0.1) is 6.10 Å². The van der Waals surface area contributed by atoms with E-state index < -0.39 is 6.36 Å². The summed E-state index contributed by atoms with van der Waals surface area (Å²) >= 11 is 0. The van der Waals surface area contributed by atoms with Crippen molar-refractivity contribution in [1.82, 2.24) is 10.2 Å². The molecule has 1 aliphatic rings. The van der Waals surface area contributed by atoms with Crippen molar-refractivity contribution in [2.24, 2.45) is 0 Å². The summed E-state index contributed by atoms with van der Waals surface area (Å²) in [6.45, 7) is 5.69. The second-order valence-corrected chi connectivity index (χ2v) is 6.22. The maximum absolute atomic E-state index is 12.1. The number of hydrogen-bond donors (Lipinski definition) is 2. The van der Waals surface area contributed by atoms with E-state index in [-0.39, 0.29) is 17.9 Å². The third kappa shape index (κ3) is 6.67. The molecule has 2 N–H and O–H groups in total. The minimum atomic E-state index is -4.66. The zero-order valence-electron chi connectivity index (χ0n) is 13.9. The van der Waals surface area contributed by atoms with Crippen LogP contribution < -0.4 is 10.1 Å². The standard InChI is InChI=1S/C17H25F3N2O2/c1-13(14-3-5-16(6-4-14)24-17(18,19)20)21-9-2-10-22-11-7-15(23)8-12-22/h3-6,13,15,21,23H,2,7-12H2,1H3. The summed E-state index contributed by atoms with van der Waals surface area (Å²) in [6, 6.07) is 6.02. The molecule has 1 heterocycles. The molecule has 1 unspecified atom stereocenters. The number of hydrogen-bond acceptors (Lipinski definition) is 4. The molecule has 0 aliphatic carbocycles. The second kappa shape index (κ2) is 8.69. The van der Waals surface area contributed by atoms with Crippen molar-refractivity contribution in [2.75, 3.05) is 26.2 Å². The average Bonchev–Trinajstić information content (AvgIpc) is 2.52. The summed E-state index contributed by atoms with van der Waals surface area (Å²) in [5.41, 5.74) is 0.922. The predicted molar refractivity (Wildman–Crippen MR) is 85.8 cm³/mol. The fraction of sp³-hybridized carbons (Fsp3) is 0.647. The van der Waals surface area contributed by atoms with Crippen molar-refractivity contribution in [3.05, 3.63) is 29.8 Å². The van der Waals surface area contributed by atoms with E-state index in [0.29, 0.717) is 0 Å². The van der Waals surface area contributed by atoms with Crippen LogP contribution in [0.2, 0.25) is 0 Å². The molecule has 0 saturated carbocycles. The Morgan fingerprint density at radius 3 is 2.46 bits per heavy atom. The van der Waals surface area contributed by atoms with Gasteiger partial charge >= 0.3 is 6.36 Å². The van der Waals surface area contributed by atoms with Gasteiger partial charge in [-0.1, -0.05) is 12.1 Å². The van der Waals surface area contributed by atoms with E-state index in [0.717, 1.165) is 51.0 Å². The Balaban J connectivity index is 1.67. The number of rotatable bonds is 7. The number of piperidine rings is 1. The van der Waals surface area contributed by atoms with E-state index in [4.69, 9.17) is 0 Å². The fourth-order valence-electron chi connectivity index (χ4n) is 2.84. The number of nitrogens with zero attached hydrogens (tertiary/aromatic N) is 1. The maximum atomic E-state index is 12.1. The van der Waals surface area contributed by atoms with Gasteiger partial charge in [-0.25, -0.2) is 0 Å². The minimum Gasteiger partial charge on any atom is -0.406 e. The monoisotopic (exact) mass is 346 g/mol. The van der Waals surface area contributed by atoms with E-state index in [9.17, 15) is 18.3 Å². The van der Waals surface area contributed by atoms with Crippen LogP contribution in [0.25, 0.3) is 0 Å². The Labute approximate surface area is 140 Å². The van der Waals surface area contributed by atoms with Crippen molar-refractivity contribution >= 4 is 0 Å². The van der Waals surface area contributed by atoms with E-state index in [1.54, 1.807) is 12.1 Å². The summed E-state index contributed by atoms with van der Waals surface area (Å²) in [5.74, 6) is -0.203. The highest BCUT2D eigenvalue weighted by atomic mass is 19.4. The second-order valence-electron chi connectivity index (χ2n) is 6.22.